The Morgan fingerprint density at radius 1 is 1.04 bits per heavy atom. The summed E-state index contributed by atoms with van der Waals surface area (Å²) in [5.41, 5.74) is 1.85. The molecule has 5 atom stereocenters. The Morgan fingerprint density at radius 2 is 1.84 bits per heavy atom. The van der Waals surface area contributed by atoms with Crippen molar-refractivity contribution in [1.82, 2.24) is 25.3 Å². The Labute approximate surface area is 296 Å². The number of aromatic amines is 1. The van der Waals surface area contributed by atoms with Gasteiger partial charge in [-0.15, -0.1) is 6.58 Å². The number of fused-ring (bicyclic) bond motifs is 2. The molecule has 3 aromatic carbocycles. The van der Waals surface area contributed by atoms with Gasteiger partial charge in [0, 0.05) is 65.7 Å². The summed E-state index contributed by atoms with van der Waals surface area (Å²) in [6.07, 6.45) is 4.04. The van der Waals surface area contributed by atoms with E-state index in [2.05, 4.69) is 33.5 Å². The first-order chi connectivity index (χ1) is 24.5. The average molecular weight is 706 g/mol. The lowest BCUT2D eigenvalue weighted by Crippen LogP contribution is -2.50. The molecule has 2 aliphatic rings. The number of H-pyrrole nitrogens is 1. The lowest BCUT2D eigenvalue weighted by atomic mass is 10.0. The number of hydrogen-bond donors (Lipinski definition) is 4. The lowest BCUT2D eigenvalue weighted by molar-refractivity contribution is -0.127. The molecule has 0 radical (unpaired) electrons. The van der Waals surface area contributed by atoms with Crippen LogP contribution in [0.4, 0.5) is 0 Å². The summed E-state index contributed by atoms with van der Waals surface area (Å²) >= 11 is 0. The largest absolute Gasteiger partial charge is 0.497 e. The predicted molar refractivity (Wildman–Crippen MR) is 195 cm³/mol. The van der Waals surface area contributed by atoms with E-state index in [-0.39, 0.29) is 28.3 Å². The van der Waals surface area contributed by atoms with Gasteiger partial charge in [-0.25, -0.2) is 13.4 Å². The van der Waals surface area contributed by atoms with Crippen molar-refractivity contribution >= 4 is 43.6 Å². The minimum Gasteiger partial charge on any atom is -0.497 e. The SMILES string of the molecule is C=C[C@@H]1C[C@]1(NC(=O)[C@@H]1C[C@@H](Oc2cc(-c3ccccc3)nc3cc(OC)ccc23)C[C@@H]1NC(C)=O)C(=C)NS(=O)(=O)c1cccc2cc[nH]c12. The van der Waals surface area contributed by atoms with Crippen molar-refractivity contribution in [3.8, 4) is 22.8 Å². The van der Waals surface area contributed by atoms with Gasteiger partial charge in [0.15, 0.2) is 0 Å². The zero-order valence-corrected chi connectivity index (χ0v) is 29.1. The highest BCUT2D eigenvalue weighted by Crippen LogP contribution is 2.49. The van der Waals surface area contributed by atoms with E-state index in [1.807, 2.05) is 60.7 Å². The molecule has 0 unspecified atom stereocenters. The maximum atomic E-state index is 14.2. The number of carbonyl (C=O) groups is 2. The van der Waals surface area contributed by atoms with Crippen molar-refractivity contribution in [2.75, 3.05) is 7.11 Å². The van der Waals surface area contributed by atoms with Crippen molar-refractivity contribution in [3.05, 3.63) is 110 Å². The number of benzene rings is 3. The van der Waals surface area contributed by atoms with Crippen molar-refractivity contribution in [3.63, 3.8) is 0 Å². The first-order valence-electron chi connectivity index (χ1n) is 16.7. The third-order valence-corrected chi connectivity index (χ3v) is 11.3. The summed E-state index contributed by atoms with van der Waals surface area (Å²) < 4.78 is 41.9. The first kappa shape index (κ1) is 33.9. The molecule has 12 heteroatoms. The van der Waals surface area contributed by atoms with Crippen molar-refractivity contribution in [2.45, 2.75) is 48.8 Å². The number of rotatable bonds is 12. The number of ether oxygens (including phenoxy) is 2. The van der Waals surface area contributed by atoms with Gasteiger partial charge in [-0.2, -0.15) is 0 Å². The van der Waals surface area contributed by atoms with Gasteiger partial charge in [0.2, 0.25) is 11.8 Å². The van der Waals surface area contributed by atoms with E-state index in [1.54, 1.807) is 31.5 Å². The van der Waals surface area contributed by atoms with Crippen molar-refractivity contribution in [1.29, 1.82) is 0 Å². The van der Waals surface area contributed by atoms with Crippen LogP contribution in [0.15, 0.2) is 115 Å². The molecule has 2 saturated carbocycles. The molecule has 5 aromatic rings. The highest BCUT2D eigenvalue weighted by atomic mass is 32.2. The van der Waals surface area contributed by atoms with Crippen LogP contribution in [0, 0.1) is 11.8 Å². The fourth-order valence-electron chi connectivity index (χ4n) is 7.17. The molecular weight excluding hydrogens is 667 g/mol. The Bertz CT molecular complexity index is 2290. The van der Waals surface area contributed by atoms with Crippen LogP contribution in [0.3, 0.4) is 0 Å². The molecule has 2 amide bonds. The molecule has 4 N–H and O–H groups in total. The monoisotopic (exact) mass is 705 g/mol. The molecular formula is C39H39N5O6S. The Kier molecular flexibility index (Phi) is 8.80. The third-order valence-electron chi connectivity index (χ3n) is 9.87. The smallest absolute Gasteiger partial charge is 0.263 e. The van der Waals surface area contributed by atoms with E-state index in [0.29, 0.717) is 41.8 Å². The van der Waals surface area contributed by atoms with Crippen LogP contribution >= 0.6 is 0 Å². The second-order valence-electron chi connectivity index (χ2n) is 13.2. The zero-order valence-electron chi connectivity index (χ0n) is 28.3. The molecule has 262 valence electrons. The van der Waals surface area contributed by atoms with E-state index in [9.17, 15) is 18.0 Å². The van der Waals surface area contributed by atoms with Gasteiger partial charge in [-0.3, -0.25) is 14.3 Å². The van der Waals surface area contributed by atoms with Crippen LogP contribution in [0.5, 0.6) is 11.5 Å². The summed E-state index contributed by atoms with van der Waals surface area (Å²) in [4.78, 5) is 34.4. The summed E-state index contributed by atoms with van der Waals surface area (Å²) in [5, 5.41) is 7.58. The number of amides is 2. The number of nitrogens with zero attached hydrogens (tertiary/aromatic N) is 1. The fourth-order valence-corrected chi connectivity index (χ4v) is 8.49. The molecule has 0 aliphatic heterocycles. The number of aromatic nitrogens is 2. The number of carbonyl (C=O) groups excluding carboxylic acids is 2. The Hall–Kier alpha value is -5.62. The molecule has 51 heavy (non-hydrogen) atoms. The third kappa shape index (κ3) is 6.54. The minimum atomic E-state index is -4.06. The van der Waals surface area contributed by atoms with Crippen LogP contribution in [-0.4, -0.2) is 55.0 Å². The Balaban J connectivity index is 1.14. The maximum Gasteiger partial charge on any atom is 0.263 e. The molecule has 0 bridgehead atoms. The van der Waals surface area contributed by atoms with E-state index in [4.69, 9.17) is 14.5 Å². The van der Waals surface area contributed by atoms with Gasteiger partial charge < -0.3 is 25.1 Å². The summed E-state index contributed by atoms with van der Waals surface area (Å²) in [6.45, 7) is 9.41. The van der Waals surface area contributed by atoms with Gasteiger partial charge in [-0.1, -0.05) is 55.1 Å². The van der Waals surface area contributed by atoms with Crippen LogP contribution in [0.2, 0.25) is 0 Å². The van der Waals surface area contributed by atoms with Crippen LogP contribution < -0.4 is 24.8 Å². The second kappa shape index (κ2) is 13.3. The number of sulfonamides is 1. The first-order valence-corrected chi connectivity index (χ1v) is 18.2. The van der Waals surface area contributed by atoms with Crippen LogP contribution in [-0.2, 0) is 19.6 Å². The number of pyridine rings is 1. The number of methoxy groups -OCH3 is 1. The van der Waals surface area contributed by atoms with Gasteiger partial charge in [0.05, 0.1) is 35.3 Å². The molecule has 2 aliphatic carbocycles. The van der Waals surface area contributed by atoms with E-state index in [0.717, 1.165) is 22.0 Å². The van der Waals surface area contributed by atoms with Crippen molar-refractivity contribution in [2.24, 2.45) is 11.8 Å². The predicted octanol–water partition coefficient (Wildman–Crippen LogP) is 5.61. The molecule has 2 fully saturated rings. The molecule has 0 saturated heterocycles. The lowest BCUT2D eigenvalue weighted by Gasteiger charge is -2.26. The van der Waals surface area contributed by atoms with Gasteiger partial charge in [0.1, 0.15) is 22.5 Å². The molecule has 2 heterocycles. The quantitative estimate of drug-likeness (QED) is 0.123. The van der Waals surface area contributed by atoms with Gasteiger partial charge >= 0.3 is 0 Å². The Morgan fingerprint density at radius 3 is 2.57 bits per heavy atom. The van der Waals surface area contributed by atoms with E-state index in [1.165, 1.54) is 13.0 Å². The summed E-state index contributed by atoms with van der Waals surface area (Å²) in [5.74, 6) is -0.272. The van der Waals surface area contributed by atoms with Gasteiger partial charge in [-0.05, 0) is 37.1 Å². The molecule has 0 spiro atoms. The number of nitrogens with one attached hydrogen (secondary N) is 4. The number of hydrogen-bond acceptors (Lipinski definition) is 7. The summed E-state index contributed by atoms with van der Waals surface area (Å²) in [7, 11) is -2.46. The highest BCUT2D eigenvalue weighted by Gasteiger charge is 2.58. The fraction of sp³-hybridized carbons (Fsp3) is 0.256. The van der Waals surface area contributed by atoms with E-state index >= 15 is 0 Å². The van der Waals surface area contributed by atoms with Gasteiger partial charge in [0.25, 0.3) is 10.0 Å². The second-order valence-corrected chi connectivity index (χ2v) is 14.8. The molecule has 11 nitrogen and oxygen atoms in total. The minimum absolute atomic E-state index is 0.0717. The van der Waals surface area contributed by atoms with Crippen LogP contribution in [0.1, 0.15) is 26.2 Å². The standard InChI is InChI=1S/C39H39N5O6S/c1-5-27-22-39(27,23(2)44-51(47,48)36-13-9-12-26-16-17-40-37(26)36)43-38(46)31-18-29(20-34(31)41-24(3)45)50-35-21-32(25-10-7-6-8-11-25)42-33-19-28(49-4)14-15-30(33)35/h5-17,19,21,27,29,31,34,40,44H,1-2,18,20,22H2,3-4H3,(H,41,45)(H,43,46)/t27-,29-,31-,34+,39+/m1/s1. The zero-order chi connectivity index (χ0) is 35.9. The van der Waals surface area contributed by atoms with E-state index < -0.39 is 33.6 Å². The summed E-state index contributed by atoms with van der Waals surface area (Å²) in [6, 6.07) is 23.5. The highest BCUT2D eigenvalue weighted by molar-refractivity contribution is 7.89. The topological polar surface area (TPSA) is 152 Å². The van der Waals surface area contributed by atoms with Crippen LogP contribution in [0.25, 0.3) is 33.1 Å². The number of para-hydroxylation sites is 1. The normalized spacial score (nSPS) is 22.6. The molecule has 7 rings (SSSR count). The van der Waals surface area contributed by atoms with Crippen molar-refractivity contribution < 1.29 is 27.5 Å². The maximum absolute atomic E-state index is 14.2. The average Bonchev–Trinajstić information content (AvgIpc) is 3.39. The molecule has 2 aromatic heterocycles.